The molecule has 0 radical (unpaired) electrons. The van der Waals surface area contributed by atoms with Crippen molar-refractivity contribution in [2.45, 2.75) is 71.3 Å². The minimum absolute atomic E-state index is 0.108. The Morgan fingerprint density at radius 3 is 2.59 bits per heavy atom. The van der Waals surface area contributed by atoms with E-state index < -0.39 is 28.8 Å². The molecule has 0 saturated heterocycles. The van der Waals surface area contributed by atoms with E-state index in [9.17, 15) is 24.6 Å². The van der Waals surface area contributed by atoms with Crippen LogP contribution >= 0.6 is 0 Å². The molecular formula is C23H30O6. The highest BCUT2D eigenvalue weighted by atomic mass is 16.5. The summed E-state index contributed by atoms with van der Waals surface area (Å²) in [4.78, 5) is 36.8. The van der Waals surface area contributed by atoms with E-state index in [1.165, 1.54) is 44.6 Å². The maximum atomic E-state index is 12.7. The van der Waals surface area contributed by atoms with E-state index >= 15 is 0 Å². The number of ketones is 2. The van der Waals surface area contributed by atoms with Crippen molar-refractivity contribution in [3.8, 4) is 0 Å². The topological polar surface area (TPSA) is 101 Å². The Labute approximate surface area is 171 Å². The Bertz CT molecular complexity index is 794. The molecule has 1 aliphatic heterocycles. The van der Waals surface area contributed by atoms with Crippen molar-refractivity contribution in [2.24, 2.45) is 5.92 Å². The van der Waals surface area contributed by atoms with Gasteiger partial charge in [0.1, 0.15) is 16.9 Å². The molecule has 0 spiro atoms. The Morgan fingerprint density at radius 1 is 1.24 bits per heavy atom. The van der Waals surface area contributed by atoms with Gasteiger partial charge >= 0.3 is 5.97 Å². The van der Waals surface area contributed by atoms with E-state index in [0.717, 1.165) is 19.3 Å². The van der Waals surface area contributed by atoms with Crippen molar-refractivity contribution in [1.29, 1.82) is 0 Å². The predicted molar refractivity (Wildman–Crippen MR) is 109 cm³/mol. The standard InChI is InChI=1S/C23H30O6/c1-4-5-6-7-8-9-10-11-16(24)13-19-18-14-29-15(2)12-17(18)20(22(26)27)21(25)23(19,3)28/h10-12,14,19,28H,4-9,13H2,1-3H3,(H,26,27)/b11-10+/t19-,23-/m1/s1. The van der Waals surface area contributed by atoms with Gasteiger partial charge in [0.15, 0.2) is 5.78 Å². The van der Waals surface area contributed by atoms with Gasteiger partial charge < -0.3 is 14.9 Å². The second-order valence-electron chi connectivity index (χ2n) is 7.84. The zero-order valence-electron chi connectivity index (χ0n) is 17.4. The van der Waals surface area contributed by atoms with Crippen LogP contribution in [0.15, 0.2) is 47.0 Å². The van der Waals surface area contributed by atoms with Gasteiger partial charge in [0.05, 0.1) is 6.26 Å². The first-order valence-corrected chi connectivity index (χ1v) is 10.2. The number of hydrogen-bond acceptors (Lipinski definition) is 5. The molecule has 0 saturated carbocycles. The van der Waals surface area contributed by atoms with Crippen molar-refractivity contribution >= 4 is 17.5 Å². The fourth-order valence-corrected chi connectivity index (χ4v) is 3.73. The molecule has 2 atom stereocenters. The van der Waals surface area contributed by atoms with E-state index in [-0.39, 0.29) is 17.8 Å². The van der Waals surface area contributed by atoms with Crippen LogP contribution in [0.3, 0.4) is 0 Å². The molecule has 29 heavy (non-hydrogen) atoms. The summed E-state index contributed by atoms with van der Waals surface area (Å²) in [5, 5.41) is 20.3. The van der Waals surface area contributed by atoms with E-state index in [0.29, 0.717) is 11.3 Å². The first kappa shape index (κ1) is 22.8. The van der Waals surface area contributed by atoms with Gasteiger partial charge in [0.25, 0.3) is 0 Å². The highest BCUT2D eigenvalue weighted by Crippen LogP contribution is 2.43. The van der Waals surface area contributed by atoms with Gasteiger partial charge in [0, 0.05) is 23.5 Å². The van der Waals surface area contributed by atoms with Crippen LogP contribution in [-0.2, 0) is 19.1 Å². The van der Waals surface area contributed by atoms with Gasteiger partial charge in [-0.3, -0.25) is 9.59 Å². The molecule has 6 nitrogen and oxygen atoms in total. The zero-order chi connectivity index (χ0) is 21.6. The quantitative estimate of drug-likeness (QED) is 0.325. The number of unbranched alkanes of at least 4 members (excludes halogenated alkanes) is 5. The summed E-state index contributed by atoms with van der Waals surface area (Å²) in [7, 11) is 0. The molecule has 0 bridgehead atoms. The van der Waals surface area contributed by atoms with Crippen LogP contribution in [0.25, 0.3) is 0 Å². The molecule has 2 rings (SSSR count). The van der Waals surface area contributed by atoms with E-state index in [2.05, 4.69) is 6.92 Å². The Hall–Kier alpha value is -2.47. The first-order valence-electron chi connectivity index (χ1n) is 10.2. The van der Waals surface area contributed by atoms with Crippen LogP contribution in [0.4, 0.5) is 0 Å². The molecule has 2 N–H and O–H groups in total. The van der Waals surface area contributed by atoms with Crippen LogP contribution in [0, 0.1) is 5.92 Å². The zero-order valence-corrected chi connectivity index (χ0v) is 17.4. The smallest absolute Gasteiger partial charge is 0.340 e. The van der Waals surface area contributed by atoms with Crippen LogP contribution in [0.5, 0.6) is 0 Å². The number of aliphatic hydroxyl groups is 1. The lowest BCUT2D eigenvalue weighted by molar-refractivity contribution is -0.143. The lowest BCUT2D eigenvalue weighted by Gasteiger charge is -2.38. The lowest BCUT2D eigenvalue weighted by atomic mass is 9.67. The van der Waals surface area contributed by atoms with Crippen molar-refractivity contribution in [1.82, 2.24) is 0 Å². The second-order valence-corrected chi connectivity index (χ2v) is 7.84. The van der Waals surface area contributed by atoms with Crippen molar-refractivity contribution in [3.63, 3.8) is 0 Å². The number of rotatable bonds is 10. The number of carboxylic acid groups (broad SMARTS) is 1. The van der Waals surface area contributed by atoms with Gasteiger partial charge in [-0.05, 0) is 38.8 Å². The van der Waals surface area contributed by atoms with Crippen LogP contribution in [0.1, 0.15) is 65.7 Å². The Kier molecular flexibility index (Phi) is 7.73. The first-order chi connectivity index (χ1) is 13.7. The molecule has 0 aromatic rings. The summed E-state index contributed by atoms with van der Waals surface area (Å²) in [5.74, 6) is -2.96. The summed E-state index contributed by atoms with van der Waals surface area (Å²) in [5.41, 5.74) is -1.92. The fraction of sp³-hybridized carbons (Fsp3) is 0.522. The largest absolute Gasteiger partial charge is 0.478 e. The third-order valence-corrected chi connectivity index (χ3v) is 5.44. The lowest BCUT2D eigenvalue weighted by Crippen LogP contribution is -2.50. The third kappa shape index (κ3) is 5.32. The highest BCUT2D eigenvalue weighted by molar-refractivity contribution is 6.22. The van der Waals surface area contributed by atoms with Gasteiger partial charge in [-0.25, -0.2) is 4.79 Å². The number of Topliss-reactive ketones (excluding diaryl/α,β-unsaturated/α-hetero) is 1. The number of aliphatic carboxylic acids is 1. The maximum absolute atomic E-state index is 12.7. The van der Waals surface area contributed by atoms with Crippen molar-refractivity contribution in [2.75, 3.05) is 0 Å². The van der Waals surface area contributed by atoms with Gasteiger partial charge in [-0.1, -0.05) is 38.7 Å². The second kappa shape index (κ2) is 9.83. The van der Waals surface area contributed by atoms with E-state index in [4.69, 9.17) is 4.74 Å². The van der Waals surface area contributed by atoms with Gasteiger partial charge in [0.2, 0.25) is 5.78 Å². The van der Waals surface area contributed by atoms with Crippen molar-refractivity contribution < 1.29 is 29.3 Å². The van der Waals surface area contributed by atoms with Crippen LogP contribution < -0.4 is 0 Å². The summed E-state index contributed by atoms with van der Waals surface area (Å²) < 4.78 is 5.38. The normalized spacial score (nSPS) is 24.1. The molecular weight excluding hydrogens is 372 g/mol. The number of carbonyl (C=O) groups excluding carboxylic acids is 2. The number of carbonyl (C=O) groups is 3. The van der Waals surface area contributed by atoms with Gasteiger partial charge in [-0.2, -0.15) is 0 Å². The monoisotopic (exact) mass is 402 g/mol. The van der Waals surface area contributed by atoms with E-state index in [1.54, 1.807) is 6.92 Å². The SMILES string of the molecule is CCCCCCC/C=C/C(=O)C[C@@H]1C2=COC(C)=CC2=C(C(=O)O)C(=O)[C@]1(C)O. The van der Waals surface area contributed by atoms with Crippen molar-refractivity contribution in [3.05, 3.63) is 47.0 Å². The molecule has 0 unspecified atom stereocenters. The summed E-state index contributed by atoms with van der Waals surface area (Å²) >= 11 is 0. The van der Waals surface area contributed by atoms with Gasteiger partial charge in [-0.15, -0.1) is 0 Å². The minimum Gasteiger partial charge on any atom is -0.478 e. The fourth-order valence-electron chi connectivity index (χ4n) is 3.73. The Morgan fingerprint density at radius 2 is 1.93 bits per heavy atom. The molecule has 0 amide bonds. The number of carboxylic acids is 1. The molecule has 2 aliphatic rings. The summed E-state index contributed by atoms with van der Waals surface area (Å²) in [6.45, 7) is 5.06. The Balaban J connectivity index is 2.15. The minimum atomic E-state index is -2.00. The molecule has 1 heterocycles. The molecule has 0 fully saturated rings. The number of fused-ring (bicyclic) bond motifs is 1. The summed E-state index contributed by atoms with van der Waals surface area (Å²) in [6.07, 6.45) is 12.5. The molecule has 158 valence electrons. The van der Waals surface area contributed by atoms with E-state index in [1.807, 2.05) is 6.08 Å². The average Bonchev–Trinajstić information content (AvgIpc) is 2.65. The number of ether oxygens (including phenoxy) is 1. The molecule has 1 aliphatic carbocycles. The maximum Gasteiger partial charge on any atom is 0.340 e. The summed E-state index contributed by atoms with van der Waals surface area (Å²) in [6, 6.07) is 0. The third-order valence-electron chi connectivity index (χ3n) is 5.44. The molecule has 6 heteroatoms. The number of hydrogen-bond donors (Lipinski definition) is 2. The predicted octanol–water partition coefficient (Wildman–Crippen LogP) is 4.01. The highest BCUT2D eigenvalue weighted by Gasteiger charge is 2.51. The average molecular weight is 402 g/mol. The number of allylic oxidation sites excluding steroid dienone is 5. The van der Waals surface area contributed by atoms with Crippen LogP contribution in [-0.4, -0.2) is 33.3 Å². The van der Waals surface area contributed by atoms with Crippen LogP contribution in [0.2, 0.25) is 0 Å². The molecule has 0 aromatic heterocycles. The molecule has 0 aromatic carbocycles.